The number of ether oxygens (including phenoxy) is 1. The highest BCUT2D eigenvalue weighted by Gasteiger charge is 2.37. The Morgan fingerprint density at radius 2 is 1.81 bits per heavy atom. The maximum absolute atomic E-state index is 5.82. The van der Waals surface area contributed by atoms with Gasteiger partial charge in [-0.2, -0.15) is 0 Å². The van der Waals surface area contributed by atoms with Crippen LogP contribution in [0.4, 0.5) is 0 Å². The molecule has 2 rings (SSSR count). The number of methoxy groups -OCH3 is 1. The molecule has 0 spiro atoms. The Morgan fingerprint density at radius 3 is 2.25 bits per heavy atom. The van der Waals surface area contributed by atoms with Crippen molar-refractivity contribution in [3.8, 4) is 0 Å². The predicted molar refractivity (Wildman–Crippen MR) is 67.6 cm³/mol. The first-order valence-electron chi connectivity index (χ1n) is 6.94. The highest BCUT2D eigenvalue weighted by molar-refractivity contribution is 4.92. The second kappa shape index (κ2) is 5.05. The van der Waals surface area contributed by atoms with Gasteiger partial charge in [0.25, 0.3) is 0 Å². The molecular weight excluding hydrogens is 198 g/mol. The van der Waals surface area contributed by atoms with Gasteiger partial charge in [-0.05, 0) is 50.4 Å². The SMILES string of the molecule is COC1(CNC2CC2)CCC(C(C)C)CC1. The van der Waals surface area contributed by atoms with Crippen molar-refractivity contribution in [1.29, 1.82) is 0 Å². The molecule has 0 saturated heterocycles. The second-order valence-electron chi connectivity index (χ2n) is 6.12. The average molecular weight is 225 g/mol. The van der Waals surface area contributed by atoms with E-state index < -0.39 is 0 Å². The van der Waals surface area contributed by atoms with Crippen LogP contribution < -0.4 is 5.32 Å². The molecule has 0 aromatic heterocycles. The molecule has 0 atom stereocenters. The summed E-state index contributed by atoms with van der Waals surface area (Å²) in [5, 5.41) is 3.64. The van der Waals surface area contributed by atoms with Gasteiger partial charge in [0, 0.05) is 19.7 Å². The normalized spacial score (nSPS) is 35.6. The average Bonchev–Trinajstić information content (AvgIpc) is 3.11. The van der Waals surface area contributed by atoms with Gasteiger partial charge < -0.3 is 10.1 Å². The molecule has 1 N–H and O–H groups in total. The van der Waals surface area contributed by atoms with Crippen molar-refractivity contribution in [2.75, 3.05) is 13.7 Å². The Bertz CT molecular complexity index is 215. The summed E-state index contributed by atoms with van der Waals surface area (Å²) in [7, 11) is 1.89. The van der Waals surface area contributed by atoms with Crippen molar-refractivity contribution >= 4 is 0 Å². The summed E-state index contributed by atoms with van der Waals surface area (Å²) < 4.78 is 5.82. The lowest BCUT2D eigenvalue weighted by Crippen LogP contribution is -2.46. The third-order valence-electron chi connectivity index (χ3n) is 4.61. The smallest absolute Gasteiger partial charge is 0.0802 e. The predicted octanol–water partition coefficient (Wildman–Crippen LogP) is 2.97. The number of hydrogen-bond acceptors (Lipinski definition) is 2. The van der Waals surface area contributed by atoms with E-state index in [4.69, 9.17) is 4.74 Å². The van der Waals surface area contributed by atoms with Crippen LogP contribution >= 0.6 is 0 Å². The first kappa shape index (κ1) is 12.4. The van der Waals surface area contributed by atoms with Crippen LogP contribution in [0, 0.1) is 11.8 Å². The zero-order chi connectivity index (χ0) is 11.6. The minimum Gasteiger partial charge on any atom is -0.377 e. The van der Waals surface area contributed by atoms with Gasteiger partial charge in [-0.15, -0.1) is 0 Å². The van der Waals surface area contributed by atoms with Crippen LogP contribution in [0.2, 0.25) is 0 Å². The molecule has 2 aliphatic carbocycles. The molecule has 2 fully saturated rings. The molecule has 0 bridgehead atoms. The summed E-state index contributed by atoms with van der Waals surface area (Å²) in [4.78, 5) is 0. The summed E-state index contributed by atoms with van der Waals surface area (Å²) in [5.74, 6) is 1.76. The first-order chi connectivity index (χ1) is 7.65. The van der Waals surface area contributed by atoms with Crippen LogP contribution in [0.15, 0.2) is 0 Å². The molecule has 0 aliphatic heterocycles. The van der Waals surface area contributed by atoms with Gasteiger partial charge in [0.1, 0.15) is 0 Å². The molecule has 0 unspecified atom stereocenters. The fourth-order valence-corrected chi connectivity index (χ4v) is 2.90. The monoisotopic (exact) mass is 225 g/mol. The Balaban J connectivity index is 1.81. The third-order valence-corrected chi connectivity index (χ3v) is 4.61. The van der Waals surface area contributed by atoms with Crippen molar-refractivity contribution in [1.82, 2.24) is 5.32 Å². The summed E-state index contributed by atoms with van der Waals surface area (Å²) in [6.45, 7) is 5.78. The Kier molecular flexibility index (Phi) is 3.91. The van der Waals surface area contributed by atoms with E-state index in [-0.39, 0.29) is 5.60 Å². The molecule has 0 aromatic rings. The molecule has 0 radical (unpaired) electrons. The van der Waals surface area contributed by atoms with Crippen molar-refractivity contribution in [2.24, 2.45) is 11.8 Å². The molecule has 2 aliphatic rings. The molecule has 0 amide bonds. The van der Waals surface area contributed by atoms with Gasteiger partial charge in [-0.1, -0.05) is 13.8 Å². The van der Waals surface area contributed by atoms with Gasteiger partial charge in [-0.25, -0.2) is 0 Å². The zero-order valence-electron chi connectivity index (χ0n) is 11.1. The Hall–Kier alpha value is -0.0800. The van der Waals surface area contributed by atoms with E-state index in [9.17, 15) is 0 Å². The van der Waals surface area contributed by atoms with E-state index in [0.717, 1.165) is 24.4 Å². The number of hydrogen-bond donors (Lipinski definition) is 1. The lowest BCUT2D eigenvalue weighted by atomic mass is 9.74. The van der Waals surface area contributed by atoms with Crippen LogP contribution in [0.1, 0.15) is 52.4 Å². The van der Waals surface area contributed by atoms with Crippen LogP contribution in [0.3, 0.4) is 0 Å². The van der Waals surface area contributed by atoms with Gasteiger partial charge in [0.2, 0.25) is 0 Å². The Labute approximate surface area is 100 Å². The van der Waals surface area contributed by atoms with E-state index in [1.807, 2.05) is 7.11 Å². The quantitative estimate of drug-likeness (QED) is 0.776. The molecule has 2 saturated carbocycles. The number of rotatable bonds is 5. The summed E-state index contributed by atoms with van der Waals surface area (Å²) in [5.41, 5.74) is 0.147. The van der Waals surface area contributed by atoms with Crippen LogP contribution in [-0.4, -0.2) is 25.3 Å². The maximum Gasteiger partial charge on any atom is 0.0802 e. The highest BCUT2D eigenvalue weighted by Crippen LogP contribution is 2.37. The topological polar surface area (TPSA) is 21.3 Å². The van der Waals surface area contributed by atoms with Crippen molar-refractivity contribution in [3.63, 3.8) is 0 Å². The van der Waals surface area contributed by atoms with E-state index in [2.05, 4.69) is 19.2 Å². The summed E-state index contributed by atoms with van der Waals surface area (Å²) in [6, 6.07) is 0.801. The van der Waals surface area contributed by atoms with Crippen molar-refractivity contribution < 1.29 is 4.74 Å². The van der Waals surface area contributed by atoms with Crippen LogP contribution in [0.5, 0.6) is 0 Å². The zero-order valence-corrected chi connectivity index (χ0v) is 11.1. The first-order valence-corrected chi connectivity index (χ1v) is 6.94. The van der Waals surface area contributed by atoms with Crippen LogP contribution in [-0.2, 0) is 4.74 Å². The van der Waals surface area contributed by atoms with E-state index >= 15 is 0 Å². The fraction of sp³-hybridized carbons (Fsp3) is 1.00. The lowest BCUT2D eigenvalue weighted by Gasteiger charge is -2.40. The summed E-state index contributed by atoms with van der Waals surface area (Å²) >= 11 is 0. The molecule has 0 heterocycles. The summed E-state index contributed by atoms with van der Waals surface area (Å²) in [6.07, 6.45) is 7.91. The van der Waals surface area contributed by atoms with Crippen molar-refractivity contribution in [2.45, 2.75) is 64.0 Å². The second-order valence-corrected chi connectivity index (χ2v) is 6.12. The highest BCUT2D eigenvalue weighted by atomic mass is 16.5. The van der Waals surface area contributed by atoms with E-state index in [1.165, 1.54) is 38.5 Å². The molecule has 2 nitrogen and oxygen atoms in total. The van der Waals surface area contributed by atoms with Crippen molar-refractivity contribution in [3.05, 3.63) is 0 Å². The van der Waals surface area contributed by atoms with Gasteiger partial charge >= 0.3 is 0 Å². The van der Waals surface area contributed by atoms with Gasteiger partial charge in [0.15, 0.2) is 0 Å². The molecule has 16 heavy (non-hydrogen) atoms. The fourth-order valence-electron chi connectivity index (χ4n) is 2.90. The van der Waals surface area contributed by atoms with Gasteiger partial charge in [0.05, 0.1) is 5.60 Å². The van der Waals surface area contributed by atoms with Crippen LogP contribution in [0.25, 0.3) is 0 Å². The largest absolute Gasteiger partial charge is 0.377 e. The molecule has 0 aromatic carbocycles. The maximum atomic E-state index is 5.82. The third kappa shape index (κ3) is 2.98. The molecular formula is C14H27NO. The van der Waals surface area contributed by atoms with Gasteiger partial charge in [-0.3, -0.25) is 0 Å². The lowest BCUT2D eigenvalue weighted by molar-refractivity contribution is -0.0516. The molecule has 2 heteroatoms. The standard InChI is InChI=1S/C14H27NO/c1-11(2)12-6-8-14(16-3,9-7-12)10-15-13-4-5-13/h11-13,15H,4-10H2,1-3H3. The minimum atomic E-state index is 0.147. The molecule has 94 valence electrons. The van der Waals surface area contributed by atoms with E-state index in [0.29, 0.717) is 0 Å². The van der Waals surface area contributed by atoms with E-state index in [1.54, 1.807) is 0 Å². The minimum absolute atomic E-state index is 0.147. The number of nitrogens with one attached hydrogen (secondary N) is 1. The Morgan fingerprint density at radius 1 is 1.19 bits per heavy atom.